The van der Waals surface area contributed by atoms with Crippen LogP contribution in [0.1, 0.15) is 35.1 Å². The van der Waals surface area contributed by atoms with Gasteiger partial charge in [0.15, 0.2) is 0 Å². The van der Waals surface area contributed by atoms with Gasteiger partial charge in [0.2, 0.25) is 5.91 Å². The van der Waals surface area contributed by atoms with Crippen molar-refractivity contribution in [2.24, 2.45) is 0 Å². The minimum absolute atomic E-state index is 0.0398. The third-order valence-corrected chi connectivity index (χ3v) is 7.18. The second-order valence-electron chi connectivity index (χ2n) is 9.08. The molecular formula is C31H25NO3. The lowest BCUT2D eigenvalue weighted by atomic mass is 9.78. The quantitative estimate of drug-likeness (QED) is 0.360. The van der Waals surface area contributed by atoms with Gasteiger partial charge < -0.3 is 9.64 Å². The monoisotopic (exact) mass is 459 g/mol. The molecule has 172 valence electrons. The number of ether oxygens (including phenoxy) is 1. The summed E-state index contributed by atoms with van der Waals surface area (Å²) in [5.74, 6) is -0.404. The lowest BCUT2D eigenvalue weighted by molar-refractivity contribution is -0.155. The van der Waals surface area contributed by atoms with Crippen LogP contribution in [0, 0.1) is 0 Å². The third kappa shape index (κ3) is 3.28. The standard InChI is InChI=1S/C31H25NO3/c33-29-20-19-28(30(34)35-21-22-11-3-1-4-12-22)32(29)31(23-13-5-2-6-14-23)26-17-9-7-15-24(26)25-16-8-10-18-27(25)31/h1-18,28H,19-21H2/t28-/m1/s1. The van der Waals surface area contributed by atoms with Crippen molar-refractivity contribution in [2.75, 3.05) is 0 Å². The fourth-order valence-electron chi connectivity index (χ4n) is 5.75. The molecule has 0 radical (unpaired) electrons. The number of hydrogen-bond acceptors (Lipinski definition) is 3. The fraction of sp³-hybridized carbons (Fsp3) is 0.161. The van der Waals surface area contributed by atoms with E-state index < -0.39 is 11.6 Å². The molecule has 0 spiro atoms. The zero-order valence-corrected chi connectivity index (χ0v) is 19.3. The molecule has 1 aliphatic carbocycles. The molecule has 0 bridgehead atoms. The van der Waals surface area contributed by atoms with Crippen LogP contribution in [-0.4, -0.2) is 22.8 Å². The first kappa shape index (κ1) is 21.4. The average Bonchev–Trinajstić information content (AvgIpc) is 3.44. The number of nitrogens with zero attached hydrogens (tertiary/aromatic N) is 1. The molecule has 1 amide bonds. The molecule has 1 aliphatic heterocycles. The molecule has 0 saturated carbocycles. The van der Waals surface area contributed by atoms with Crippen molar-refractivity contribution in [3.63, 3.8) is 0 Å². The summed E-state index contributed by atoms with van der Waals surface area (Å²) in [4.78, 5) is 29.0. The molecule has 1 saturated heterocycles. The molecule has 4 aromatic carbocycles. The highest BCUT2D eigenvalue weighted by Crippen LogP contribution is 2.56. The Kier molecular flexibility index (Phi) is 5.22. The van der Waals surface area contributed by atoms with Crippen LogP contribution in [0.3, 0.4) is 0 Å². The smallest absolute Gasteiger partial charge is 0.329 e. The van der Waals surface area contributed by atoms with Crippen LogP contribution >= 0.6 is 0 Å². The Morgan fingerprint density at radius 1 is 0.771 bits per heavy atom. The van der Waals surface area contributed by atoms with Gasteiger partial charge in [-0.25, -0.2) is 4.79 Å². The second-order valence-corrected chi connectivity index (χ2v) is 9.08. The molecule has 1 atom stereocenters. The van der Waals surface area contributed by atoms with Crippen LogP contribution in [0.2, 0.25) is 0 Å². The first-order chi connectivity index (χ1) is 17.2. The van der Waals surface area contributed by atoms with E-state index in [0.717, 1.165) is 33.4 Å². The maximum absolute atomic E-state index is 13.7. The Morgan fingerprint density at radius 2 is 1.31 bits per heavy atom. The van der Waals surface area contributed by atoms with Crippen molar-refractivity contribution >= 4 is 11.9 Å². The summed E-state index contributed by atoms with van der Waals surface area (Å²) in [6.45, 7) is 0.184. The van der Waals surface area contributed by atoms with Crippen LogP contribution < -0.4 is 0 Å². The molecule has 1 fully saturated rings. The van der Waals surface area contributed by atoms with Crippen LogP contribution in [-0.2, 0) is 26.5 Å². The Labute approximate surface area is 204 Å². The van der Waals surface area contributed by atoms with Gasteiger partial charge in [0.05, 0.1) is 0 Å². The van der Waals surface area contributed by atoms with Crippen molar-refractivity contribution in [3.05, 3.63) is 131 Å². The zero-order valence-electron chi connectivity index (χ0n) is 19.3. The number of hydrogen-bond donors (Lipinski definition) is 0. The molecule has 0 aromatic heterocycles. The maximum Gasteiger partial charge on any atom is 0.329 e. The van der Waals surface area contributed by atoms with Crippen molar-refractivity contribution in [1.82, 2.24) is 4.90 Å². The summed E-state index contributed by atoms with van der Waals surface area (Å²) in [5.41, 5.74) is 5.19. The van der Waals surface area contributed by atoms with E-state index in [-0.39, 0.29) is 18.5 Å². The number of benzene rings is 4. The van der Waals surface area contributed by atoms with Crippen molar-refractivity contribution in [1.29, 1.82) is 0 Å². The second kappa shape index (κ2) is 8.55. The van der Waals surface area contributed by atoms with Gasteiger partial charge in [0.25, 0.3) is 0 Å². The van der Waals surface area contributed by atoms with Crippen LogP contribution in [0.15, 0.2) is 109 Å². The molecule has 35 heavy (non-hydrogen) atoms. The SMILES string of the molecule is O=C(OCc1ccccc1)[C@H]1CCC(=O)N1C1(c2ccccc2)c2ccccc2-c2ccccc21. The minimum Gasteiger partial charge on any atom is -0.459 e. The molecule has 0 N–H and O–H groups in total. The first-order valence-corrected chi connectivity index (χ1v) is 12.0. The molecule has 4 nitrogen and oxygen atoms in total. The van der Waals surface area contributed by atoms with E-state index in [2.05, 4.69) is 36.4 Å². The number of amides is 1. The van der Waals surface area contributed by atoms with Crippen LogP contribution in [0.5, 0.6) is 0 Å². The summed E-state index contributed by atoms with van der Waals surface area (Å²) >= 11 is 0. The molecule has 1 heterocycles. The fourth-order valence-corrected chi connectivity index (χ4v) is 5.75. The molecule has 6 rings (SSSR count). The maximum atomic E-state index is 13.7. The molecule has 0 unspecified atom stereocenters. The molecular weight excluding hydrogens is 434 g/mol. The summed E-state index contributed by atoms with van der Waals surface area (Å²) in [5, 5.41) is 0. The third-order valence-electron chi connectivity index (χ3n) is 7.18. The lowest BCUT2D eigenvalue weighted by Gasteiger charge is -2.43. The highest BCUT2D eigenvalue weighted by molar-refractivity contribution is 5.93. The normalized spacial score (nSPS) is 17.7. The van der Waals surface area contributed by atoms with Crippen LogP contribution in [0.25, 0.3) is 11.1 Å². The van der Waals surface area contributed by atoms with Gasteiger partial charge in [0.1, 0.15) is 18.2 Å². The topological polar surface area (TPSA) is 46.6 Å². The average molecular weight is 460 g/mol. The number of carbonyl (C=O) groups excluding carboxylic acids is 2. The number of carbonyl (C=O) groups is 2. The Balaban J connectivity index is 1.51. The Hall–Kier alpha value is -4.18. The van der Waals surface area contributed by atoms with Gasteiger partial charge in [0, 0.05) is 6.42 Å². The van der Waals surface area contributed by atoms with Crippen LogP contribution in [0.4, 0.5) is 0 Å². The van der Waals surface area contributed by atoms with Gasteiger partial charge in [-0.15, -0.1) is 0 Å². The summed E-state index contributed by atoms with van der Waals surface area (Å²) < 4.78 is 5.77. The van der Waals surface area contributed by atoms with Gasteiger partial charge in [-0.1, -0.05) is 109 Å². The minimum atomic E-state index is -0.904. The first-order valence-electron chi connectivity index (χ1n) is 12.0. The number of esters is 1. The highest BCUT2D eigenvalue weighted by Gasteiger charge is 2.56. The van der Waals surface area contributed by atoms with Crippen molar-refractivity contribution in [3.8, 4) is 11.1 Å². The molecule has 4 aromatic rings. The van der Waals surface area contributed by atoms with E-state index in [1.807, 2.05) is 72.8 Å². The number of fused-ring (bicyclic) bond motifs is 3. The Bertz CT molecular complexity index is 1350. The van der Waals surface area contributed by atoms with E-state index >= 15 is 0 Å². The van der Waals surface area contributed by atoms with Gasteiger partial charge in [-0.2, -0.15) is 0 Å². The van der Waals surface area contributed by atoms with E-state index in [9.17, 15) is 9.59 Å². The number of likely N-dealkylation sites (tertiary alicyclic amines) is 1. The highest BCUT2D eigenvalue weighted by atomic mass is 16.5. The Morgan fingerprint density at radius 3 is 1.94 bits per heavy atom. The molecule has 2 aliphatic rings. The summed E-state index contributed by atoms with van der Waals surface area (Å²) in [6, 6.07) is 35.4. The van der Waals surface area contributed by atoms with Gasteiger partial charge >= 0.3 is 5.97 Å². The largest absolute Gasteiger partial charge is 0.459 e. The molecule has 4 heteroatoms. The zero-order chi connectivity index (χ0) is 23.8. The van der Waals surface area contributed by atoms with Gasteiger partial charge in [-0.3, -0.25) is 4.79 Å². The van der Waals surface area contributed by atoms with E-state index in [1.165, 1.54) is 0 Å². The summed E-state index contributed by atoms with van der Waals surface area (Å²) in [6.07, 6.45) is 0.745. The van der Waals surface area contributed by atoms with E-state index in [0.29, 0.717) is 12.8 Å². The van der Waals surface area contributed by atoms with Crippen molar-refractivity contribution in [2.45, 2.75) is 31.0 Å². The van der Waals surface area contributed by atoms with E-state index in [1.54, 1.807) is 4.90 Å². The van der Waals surface area contributed by atoms with Crippen molar-refractivity contribution < 1.29 is 14.3 Å². The number of rotatable bonds is 5. The van der Waals surface area contributed by atoms with E-state index in [4.69, 9.17) is 4.74 Å². The lowest BCUT2D eigenvalue weighted by Crippen LogP contribution is -2.54. The summed E-state index contributed by atoms with van der Waals surface area (Å²) in [7, 11) is 0. The predicted molar refractivity (Wildman–Crippen MR) is 134 cm³/mol. The predicted octanol–water partition coefficient (Wildman–Crippen LogP) is 5.69. The van der Waals surface area contributed by atoms with Gasteiger partial charge in [-0.05, 0) is 39.8 Å².